The van der Waals surface area contributed by atoms with Crippen LogP contribution in [0.25, 0.3) is 6.08 Å². The van der Waals surface area contributed by atoms with Crippen LogP contribution in [0, 0.1) is 6.92 Å². The van der Waals surface area contributed by atoms with Crippen molar-refractivity contribution < 1.29 is 19.0 Å². The van der Waals surface area contributed by atoms with Crippen LogP contribution in [0.5, 0.6) is 17.2 Å². The van der Waals surface area contributed by atoms with Crippen molar-refractivity contribution in [3.05, 3.63) is 58.0 Å². The van der Waals surface area contributed by atoms with Gasteiger partial charge in [0.25, 0.3) is 5.91 Å². The second-order valence-electron chi connectivity index (χ2n) is 7.51. The van der Waals surface area contributed by atoms with Gasteiger partial charge in [-0.1, -0.05) is 56.0 Å². The number of thioether (sulfide) groups is 1. The van der Waals surface area contributed by atoms with Crippen LogP contribution in [0.4, 0.5) is 0 Å². The van der Waals surface area contributed by atoms with Gasteiger partial charge in [-0.15, -0.1) is 0 Å². The van der Waals surface area contributed by atoms with Crippen molar-refractivity contribution in [2.75, 3.05) is 20.3 Å². The van der Waals surface area contributed by atoms with Crippen molar-refractivity contribution in [2.45, 2.75) is 33.1 Å². The lowest BCUT2D eigenvalue weighted by atomic mass is 10.0. The van der Waals surface area contributed by atoms with Gasteiger partial charge in [-0.05, 0) is 53.8 Å². The van der Waals surface area contributed by atoms with E-state index in [2.05, 4.69) is 44.3 Å². The maximum absolute atomic E-state index is 11.8. The summed E-state index contributed by atoms with van der Waals surface area (Å²) < 4.78 is 17.8. The number of rotatable bonds is 9. The Morgan fingerprint density at radius 1 is 1.06 bits per heavy atom. The molecule has 1 fully saturated rings. The van der Waals surface area contributed by atoms with Crippen LogP contribution in [0.1, 0.15) is 42.9 Å². The monoisotopic (exact) mass is 457 g/mol. The van der Waals surface area contributed by atoms with Crippen LogP contribution in [-0.4, -0.2) is 30.6 Å². The lowest BCUT2D eigenvalue weighted by molar-refractivity contribution is -0.115. The third kappa shape index (κ3) is 6.24. The molecule has 1 N–H and O–H groups in total. The summed E-state index contributed by atoms with van der Waals surface area (Å²) in [7, 11) is 1.60. The molecule has 0 atom stereocenters. The van der Waals surface area contributed by atoms with Crippen molar-refractivity contribution in [2.24, 2.45) is 0 Å². The van der Waals surface area contributed by atoms with Crippen LogP contribution in [-0.2, 0) is 4.79 Å². The molecule has 0 saturated carbocycles. The van der Waals surface area contributed by atoms with E-state index in [0.717, 1.165) is 17.7 Å². The zero-order valence-electron chi connectivity index (χ0n) is 18.2. The smallest absolute Gasteiger partial charge is 0.263 e. The highest BCUT2D eigenvalue weighted by Crippen LogP contribution is 2.32. The summed E-state index contributed by atoms with van der Waals surface area (Å²) in [5.74, 6) is 2.44. The number of hydrogen-bond donors (Lipinski definition) is 1. The zero-order chi connectivity index (χ0) is 22.4. The number of ether oxygens (including phenoxy) is 3. The van der Waals surface area contributed by atoms with E-state index in [1.165, 1.54) is 22.9 Å². The number of thiocarbonyl (C=S) groups is 1. The first-order chi connectivity index (χ1) is 14.9. The molecule has 31 heavy (non-hydrogen) atoms. The molecule has 2 aromatic carbocycles. The SMILES string of the molecule is COc1cc(/C=C2/SC(=S)NC2=O)ccc1OCCCOc1cc(C)ccc1C(C)C. The van der Waals surface area contributed by atoms with E-state index in [-0.39, 0.29) is 5.91 Å². The van der Waals surface area contributed by atoms with E-state index in [1.54, 1.807) is 13.2 Å². The third-order valence-electron chi connectivity index (χ3n) is 4.72. The predicted octanol–water partition coefficient (Wildman–Crippen LogP) is 5.46. The molecule has 5 nitrogen and oxygen atoms in total. The molecular weight excluding hydrogens is 430 g/mol. The fourth-order valence-electron chi connectivity index (χ4n) is 3.13. The Balaban J connectivity index is 1.55. The number of aryl methyl sites for hydroxylation is 1. The van der Waals surface area contributed by atoms with Gasteiger partial charge in [0.15, 0.2) is 11.5 Å². The van der Waals surface area contributed by atoms with Gasteiger partial charge in [0.05, 0.1) is 25.2 Å². The number of amides is 1. The number of carbonyl (C=O) groups excluding carboxylic acids is 1. The number of benzene rings is 2. The minimum Gasteiger partial charge on any atom is -0.493 e. The first-order valence-corrected chi connectivity index (χ1v) is 11.4. The largest absolute Gasteiger partial charge is 0.493 e. The van der Waals surface area contributed by atoms with E-state index in [0.29, 0.717) is 39.9 Å². The molecule has 1 heterocycles. The van der Waals surface area contributed by atoms with Crippen LogP contribution in [0.2, 0.25) is 0 Å². The van der Waals surface area contributed by atoms with Gasteiger partial charge < -0.3 is 19.5 Å². The van der Waals surface area contributed by atoms with Gasteiger partial charge in [0, 0.05) is 6.42 Å². The maximum atomic E-state index is 11.8. The molecule has 164 valence electrons. The van der Waals surface area contributed by atoms with Crippen LogP contribution in [0.3, 0.4) is 0 Å². The summed E-state index contributed by atoms with van der Waals surface area (Å²) in [5, 5.41) is 2.61. The maximum Gasteiger partial charge on any atom is 0.263 e. The van der Waals surface area contributed by atoms with Crippen LogP contribution < -0.4 is 19.5 Å². The predicted molar refractivity (Wildman–Crippen MR) is 130 cm³/mol. The average molecular weight is 458 g/mol. The molecule has 1 aliphatic rings. The second kappa shape index (κ2) is 10.7. The third-order valence-corrected chi connectivity index (χ3v) is 5.89. The standard InChI is InChI=1S/C24H27NO4S2/c1-15(2)18-8-6-16(3)12-20(18)29-11-5-10-28-19-9-7-17(13-21(19)27-4)14-22-23(26)25-24(30)31-22/h6-9,12-15H,5,10-11H2,1-4H3,(H,25,26,30)/b22-14+. The second-order valence-corrected chi connectivity index (χ2v) is 9.23. The summed E-state index contributed by atoms with van der Waals surface area (Å²) in [6, 6.07) is 11.9. The van der Waals surface area contributed by atoms with Crippen molar-refractivity contribution in [3.8, 4) is 17.2 Å². The molecule has 1 aliphatic heterocycles. The fourth-order valence-corrected chi connectivity index (χ4v) is 4.18. The van der Waals surface area contributed by atoms with Gasteiger partial charge in [0.1, 0.15) is 10.1 Å². The van der Waals surface area contributed by atoms with E-state index in [4.69, 9.17) is 26.4 Å². The summed E-state index contributed by atoms with van der Waals surface area (Å²) in [6.45, 7) is 7.48. The molecule has 7 heteroatoms. The number of carbonyl (C=O) groups is 1. The number of methoxy groups -OCH3 is 1. The Hall–Kier alpha value is -2.51. The molecule has 0 aliphatic carbocycles. The van der Waals surface area contributed by atoms with Gasteiger partial charge in [-0.2, -0.15) is 0 Å². The van der Waals surface area contributed by atoms with Gasteiger partial charge in [0.2, 0.25) is 0 Å². The van der Waals surface area contributed by atoms with Gasteiger partial charge >= 0.3 is 0 Å². The van der Waals surface area contributed by atoms with Crippen molar-refractivity contribution >= 4 is 40.3 Å². The Kier molecular flexibility index (Phi) is 7.98. The topological polar surface area (TPSA) is 56.8 Å². The first-order valence-electron chi connectivity index (χ1n) is 10.2. The molecule has 2 aromatic rings. The van der Waals surface area contributed by atoms with Crippen molar-refractivity contribution in [3.63, 3.8) is 0 Å². The lowest BCUT2D eigenvalue weighted by Gasteiger charge is -2.15. The van der Waals surface area contributed by atoms with E-state index < -0.39 is 0 Å². The summed E-state index contributed by atoms with van der Waals surface area (Å²) in [5.41, 5.74) is 3.24. The minimum atomic E-state index is -0.177. The molecule has 1 amide bonds. The molecule has 0 spiro atoms. The molecular formula is C24H27NO4S2. The normalized spacial score (nSPS) is 14.8. The molecule has 3 rings (SSSR count). The Morgan fingerprint density at radius 2 is 1.81 bits per heavy atom. The molecule has 1 saturated heterocycles. The van der Waals surface area contributed by atoms with E-state index >= 15 is 0 Å². The van der Waals surface area contributed by atoms with Crippen LogP contribution >= 0.6 is 24.0 Å². The van der Waals surface area contributed by atoms with Crippen molar-refractivity contribution in [1.29, 1.82) is 0 Å². The molecule has 0 radical (unpaired) electrons. The van der Waals surface area contributed by atoms with Gasteiger partial charge in [-0.3, -0.25) is 4.79 Å². The Bertz CT molecular complexity index is 1000. The van der Waals surface area contributed by atoms with Crippen LogP contribution in [0.15, 0.2) is 41.3 Å². The molecule has 0 aromatic heterocycles. The Labute approximate surface area is 193 Å². The van der Waals surface area contributed by atoms with E-state index in [9.17, 15) is 4.79 Å². The van der Waals surface area contributed by atoms with Gasteiger partial charge in [-0.25, -0.2) is 0 Å². The highest BCUT2D eigenvalue weighted by Gasteiger charge is 2.22. The van der Waals surface area contributed by atoms with Crippen molar-refractivity contribution in [1.82, 2.24) is 5.32 Å². The first kappa shape index (κ1) is 23.2. The lowest BCUT2D eigenvalue weighted by Crippen LogP contribution is -2.17. The Morgan fingerprint density at radius 3 is 2.45 bits per heavy atom. The highest BCUT2D eigenvalue weighted by molar-refractivity contribution is 8.26. The highest BCUT2D eigenvalue weighted by atomic mass is 32.2. The summed E-state index contributed by atoms with van der Waals surface area (Å²) >= 11 is 6.27. The van der Waals surface area contributed by atoms with E-state index in [1.807, 2.05) is 18.2 Å². The minimum absolute atomic E-state index is 0.177. The molecule has 0 bridgehead atoms. The summed E-state index contributed by atoms with van der Waals surface area (Å²) in [4.78, 5) is 12.4. The number of nitrogens with one attached hydrogen (secondary N) is 1. The summed E-state index contributed by atoms with van der Waals surface area (Å²) in [6.07, 6.45) is 2.53. The fraction of sp³-hybridized carbons (Fsp3) is 0.333. The average Bonchev–Trinajstić information content (AvgIpc) is 3.04. The zero-order valence-corrected chi connectivity index (χ0v) is 19.8. The molecule has 0 unspecified atom stereocenters. The quantitative estimate of drug-likeness (QED) is 0.306. The number of hydrogen-bond acceptors (Lipinski definition) is 6.